The van der Waals surface area contributed by atoms with Crippen molar-refractivity contribution in [2.24, 2.45) is 0 Å². The number of fused-ring (bicyclic) bond motifs is 2. The van der Waals surface area contributed by atoms with Crippen molar-refractivity contribution in [3.05, 3.63) is 58.7 Å². The van der Waals surface area contributed by atoms with Crippen LogP contribution in [0, 0.1) is 0 Å². The zero-order chi connectivity index (χ0) is 25.1. The third-order valence-corrected chi connectivity index (χ3v) is 7.48. The van der Waals surface area contributed by atoms with Crippen LogP contribution in [0.15, 0.2) is 36.4 Å². The van der Waals surface area contributed by atoms with Gasteiger partial charge in [0.2, 0.25) is 5.79 Å². The summed E-state index contributed by atoms with van der Waals surface area (Å²) in [4.78, 5) is 14.4. The summed E-state index contributed by atoms with van der Waals surface area (Å²) in [6.07, 6.45) is 5.65. The minimum Gasteiger partial charge on any atom is -0.484 e. The molecular formula is C29H38N2O5. The Hall–Kier alpha value is -2.61. The number of nitrogens with one attached hydrogen (secondary N) is 1. The van der Waals surface area contributed by atoms with E-state index in [4.69, 9.17) is 14.2 Å². The Morgan fingerprint density at radius 3 is 2.81 bits per heavy atom. The van der Waals surface area contributed by atoms with E-state index >= 15 is 0 Å². The first-order valence-corrected chi connectivity index (χ1v) is 13.3. The molecule has 2 N–H and O–H groups in total. The lowest BCUT2D eigenvalue weighted by atomic mass is 9.88. The molecule has 7 heteroatoms. The summed E-state index contributed by atoms with van der Waals surface area (Å²) in [6.45, 7) is 6.54. The SMILES string of the molecule is CC1(C)OCc2cc([C@@H](O)CN[C@H]3CCc4ccc(OCC(=O)N5CCCCC5)cc4C3)ccc2O1. The van der Waals surface area contributed by atoms with Crippen molar-refractivity contribution in [1.29, 1.82) is 0 Å². The monoisotopic (exact) mass is 494 g/mol. The number of carbonyl (C=O) groups is 1. The topological polar surface area (TPSA) is 80.3 Å². The van der Waals surface area contributed by atoms with Crippen molar-refractivity contribution in [2.45, 2.75) is 76.9 Å². The van der Waals surface area contributed by atoms with Gasteiger partial charge >= 0.3 is 0 Å². The van der Waals surface area contributed by atoms with Gasteiger partial charge in [-0.1, -0.05) is 12.1 Å². The van der Waals surface area contributed by atoms with Crippen LogP contribution in [-0.2, 0) is 29.0 Å². The number of carbonyl (C=O) groups excluding carboxylic acids is 1. The highest BCUT2D eigenvalue weighted by Crippen LogP contribution is 2.33. The summed E-state index contributed by atoms with van der Waals surface area (Å²) in [5.41, 5.74) is 4.41. The zero-order valence-corrected chi connectivity index (χ0v) is 21.4. The zero-order valence-electron chi connectivity index (χ0n) is 21.4. The van der Waals surface area contributed by atoms with Crippen LogP contribution in [-0.4, -0.2) is 54.0 Å². The molecule has 2 aromatic carbocycles. The average Bonchev–Trinajstić information content (AvgIpc) is 2.89. The molecule has 1 aliphatic carbocycles. The minimum atomic E-state index is -0.625. The van der Waals surface area contributed by atoms with Crippen LogP contribution in [0.5, 0.6) is 11.5 Å². The number of hydrogen-bond donors (Lipinski definition) is 2. The normalized spacial score (nSPS) is 21.6. The van der Waals surface area contributed by atoms with Crippen molar-refractivity contribution >= 4 is 5.91 Å². The van der Waals surface area contributed by atoms with Crippen LogP contribution in [0.2, 0.25) is 0 Å². The Morgan fingerprint density at radius 1 is 1.14 bits per heavy atom. The van der Waals surface area contributed by atoms with Gasteiger partial charge in [0.1, 0.15) is 11.5 Å². The number of benzene rings is 2. The van der Waals surface area contributed by atoms with Gasteiger partial charge in [0, 0.05) is 45.1 Å². The van der Waals surface area contributed by atoms with Gasteiger partial charge in [-0.15, -0.1) is 0 Å². The van der Waals surface area contributed by atoms with Crippen LogP contribution >= 0.6 is 0 Å². The second kappa shape index (κ2) is 10.8. The van der Waals surface area contributed by atoms with E-state index < -0.39 is 11.9 Å². The second-order valence-corrected chi connectivity index (χ2v) is 10.7. The molecule has 36 heavy (non-hydrogen) atoms. The number of nitrogens with zero attached hydrogens (tertiary/aromatic N) is 1. The quantitative estimate of drug-likeness (QED) is 0.608. The molecule has 1 saturated heterocycles. The predicted molar refractivity (Wildman–Crippen MR) is 137 cm³/mol. The number of amides is 1. The molecule has 1 fully saturated rings. The molecule has 2 aliphatic heterocycles. The highest BCUT2D eigenvalue weighted by Gasteiger charge is 2.28. The minimum absolute atomic E-state index is 0.0740. The fourth-order valence-electron chi connectivity index (χ4n) is 5.34. The lowest BCUT2D eigenvalue weighted by molar-refractivity contribution is -0.180. The average molecular weight is 495 g/mol. The fourth-order valence-corrected chi connectivity index (χ4v) is 5.34. The van der Waals surface area contributed by atoms with Crippen molar-refractivity contribution in [3.63, 3.8) is 0 Å². The Morgan fingerprint density at radius 2 is 1.97 bits per heavy atom. The summed E-state index contributed by atoms with van der Waals surface area (Å²) in [7, 11) is 0. The summed E-state index contributed by atoms with van der Waals surface area (Å²) in [6, 6.07) is 12.3. The van der Waals surface area contributed by atoms with Crippen LogP contribution in [0.1, 0.15) is 67.9 Å². The van der Waals surface area contributed by atoms with E-state index in [-0.39, 0.29) is 18.6 Å². The summed E-state index contributed by atoms with van der Waals surface area (Å²) < 4.78 is 17.5. The number of aryl methyl sites for hydroxylation is 1. The van der Waals surface area contributed by atoms with Gasteiger partial charge in [-0.2, -0.15) is 0 Å². The van der Waals surface area contributed by atoms with Crippen molar-refractivity contribution in [2.75, 3.05) is 26.2 Å². The van der Waals surface area contributed by atoms with Gasteiger partial charge < -0.3 is 29.5 Å². The van der Waals surface area contributed by atoms with Crippen LogP contribution in [0.4, 0.5) is 0 Å². The third-order valence-electron chi connectivity index (χ3n) is 7.48. The molecule has 0 radical (unpaired) electrons. The lowest BCUT2D eigenvalue weighted by Crippen LogP contribution is -2.38. The molecule has 0 unspecified atom stereocenters. The number of aliphatic hydroxyl groups is 1. The molecule has 0 spiro atoms. The van der Waals surface area contributed by atoms with E-state index in [9.17, 15) is 9.90 Å². The standard InChI is InChI=1S/C29H38N2O5/c1-29(2)35-18-23-14-21(8-11-27(23)36-29)26(32)17-30-24-9-6-20-7-10-25(16-22(20)15-24)34-19-28(33)31-12-4-3-5-13-31/h7-8,10-11,14,16,24,26,30,32H,3-6,9,12-13,15,17-19H2,1-2H3/t24-,26-/m0/s1. The van der Waals surface area contributed by atoms with Crippen molar-refractivity contribution in [3.8, 4) is 11.5 Å². The third kappa shape index (κ3) is 6.02. The molecule has 7 nitrogen and oxygen atoms in total. The van der Waals surface area contributed by atoms with Crippen molar-refractivity contribution in [1.82, 2.24) is 10.2 Å². The predicted octanol–water partition coefficient (Wildman–Crippen LogP) is 3.90. The fraction of sp³-hybridized carbons (Fsp3) is 0.552. The number of rotatable bonds is 7. The van der Waals surface area contributed by atoms with E-state index in [1.54, 1.807) is 0 Å². The van der Waals surface area contributed by atoms with Crippen LogP contribution in [0.3, 0.4) is 0 Å². The van der Waals surface area contributed by atoms with Gasteiger partial charge in [0.25, 0.3) is 5.91 Å². The molecule has 0 aromatic heterocycles. The highest BCUT2D eigenvalue weighted by atomic mass is 16.7. The maximum absolute atomic E-state index is 12.4. The first-order chi connectivity index (χ1) is 17.4. The summed E-state index contributed by atoms with van der Waals surface area (Å²) >= 11 is 0. The molecule has 5 rings (SSSR count). The van der Waals surface area contributed by atoms with Crippen molar-refractivity contribution < 1.29 is 24.1 Å². The Kier molecular flexibility index (Phi) is 7.51. The molecule has 0 bridgehead atoms. The molecule has 2 heterocycles. The van der Waals surface area contributed by atoms with E-state index in [0.29, 0.717) is 13.2 Å². The Balaban J connectivity index is 1.13. The first kappa shape index (κ1) is 25.1. The number of piperidine rings is 1. The van der Waals surface area contributed by atoms with Gasteiger partial charge in [0.15, 0.2) is 6.61 Å². The maximum atomic E-state index is 12.4. The van der Waals surface area contributed by atoms with Gasteiger partial charge in [-0.3, -0.25) is 4.79 Å². The Bertz CT molecular complexity index is 1080. The molecule has 3 aliphatic rings. The van der Waals surface area contributed by atoms with Crippen LogP contribution < -0.4 is 14.8 Å². The highest BCUT2D eigenvalue weighted by molar-refractivity contribution is 5.77. The first-order valence-electron chi connectivity index (χ1n) is 13.3. The van der Waals surface area contributed by atoms with E-state index in [2.05, 4.69) is 17.4 Å². The smallest absolute Gasteiger partial charge is 0.260 e. The number of ether oxygens (including phenoxy) is 3. The van der Waals surface area contributed by atoms with Gasteiger partial charge in [0.05, 0.1) is 12.7 Å². The lowest BCUT2D eigenvalue weighted by Gasteiger charge is -2.33. The van der Waals surface area contributed by atoms with E-state index in [0.717, 1.165) is 67.8 Å². The second-order valence-electron chi connectivity index (χ2n) is 10.7. The summed E-state index contributed by atoms with van der Waals surface area (Å²) in [5, 5.41) is 14.4. The van der Waals surface area contributed by atoms with Gasteiger partial charge in [-0.05, 0) is 79.5 Å². The Labute approximate surface area is 213 Å². The maximum Gasteiger partial charge on any atom is 0.260 e. The molecular weight excluding hydrogens is 456 g/mol. The molecule has 194 valence electrons. The largest absolute Gasteiger partial charge is 0.484 e. The molecule has 2 atom stereocenters. The number of likely N-dealkylation sites (tertiary alicyclic amines) is 1. The van der Waals surface area contributed by atoms with Crippen LogP contribution in [0.25, 0.3) is 0 Å². The molecule has 0 saturated carbocycles. The molecule has 1 amide bonds. The number of aliphatic hydroxyl groups excluding tert-OH is 1. The summed E-state index contributed by atoms with van der Waals surface area (Å²) in [5.74, 6) is 1.01. The number of hydrogen-bond acceptors (Lipinski definition) is 6. The molecule has 2 aromatic rings. The van der Waals surface area contributed by atoms with E-state index in [1.165, 1.54) is 17.5 Å². The van der Waals surface area contributed by atoms with E-state index in [1.807, 2.05) is 43.0 Å². The van der Waals surface area contributed by atoms with Gasteiger partial charge in [-0.25, -0.2) is 0 Å².